The molecule has 0 aliphatic heterocycles. The second-order valence-corrected chi connectivity index (χ2v) is 21.5. The van der Waals surface area contributed by atoms with E-state index < -0.39 is 26.1 Å². The molecule has 5 nitrogen and oxygen atoms in total. The van der Waals surface area contributed by atoms with Crippen molar-refractivity contribution in [3.8, 4) is 0 Å². The summed E-state index contributed by atoms with van der Waals surface area (Å²) >= 11 is 6.80. The van der Waals surface area contributed by atoms with Crippen LogP contribution in [0.15, 0.2) is 48.5 Å². The van der Waals surface area contributed by atoms with Crippen molar-refractivity contribution in [1.82, 2.24) is 0 Å². The molecular formula is C46H56Br2O5P2. The van der Waals surface area contributed by atoms with Gasteiger partial charge < -0.3 is 4.57 Å². The lowest BCUT2D eigenvalue weighted by molar-refractivity contribution is 0.102. The van der Waals surface area contributed by atoms with Crippen LogP contribution < -0.4 is 0 Å². The summed E-state index contributed by atoms with van der Waals surface area (Å²) in [6.45, 7) is 23.2. The third-order valence-corrected chi connectivity index (χ3v) is 15.9. The minimum Gasteiger partial charge on any atom is -0.307 e. The van der Waals surface area contributed by atoms with Crippen LogP contribution in [0.4, 0.5) is 0 Å². The summed E-state index contributed by atoms with van der Waals surface area (Å²) in [5.74, 6) is 0. The number of rotatable bonds is 14. The third kappa shape index (κ3) is 11.0. The molecule has 4 aromatic carbocycles. The predicted octanol–water partition coefficient (Wildman–Crippen LogP) is 13.5. The fourth-order valence-electron chi connectivity index (χ4n) is 7.79. The van der Waals surface area contributed by atoms with E-state index >= 15 is 0 Å². The normalized spacial score (nSPS) is 11.3. The van der Waals surface area contributed by atoms with Crippen LogP contribution in [0, 0.1) is 83.1 Å². The molecular weight excluding hydrogens is 854 g/mol. The molecule has 0 atom stereocenters. The zero-order chi connectivity index (χ0) is 41.5. The van der Waals surface area contributed by atoms with Gasteiger partial charge in [0.2, 0.25) is 18.2 Å². The second-order valence-electron chi connectivity index (χ2n) is 15.0. The van der Waals surface area contributed by atoms with Gasteiger partial charge in [-0.3, -0.25) is 19.2 Å². The van der Waals surface area contributed by atoms with Crippen molar-refractivity contribution in [2.45, 2.75) is 95.9 Å². The van der Waals surface area contributed by atoms with E-state index in [-0.39, 0.29) is 17.2 Å². The van der Waals surface area contributed by atoms with Crippen molar-refractivity contribution < 1.29 is 23.7 Å². The number of carbonyl (C=O) groups excluding carboxylic acids is 4. The number of carbonyl (C=O) groups is 4. The highest BCUT2D eigenvalue weighted by Crippen LogP contribution is 2.54. The molecule has 0 fully saturated rings. The van der Waals surface area contributed by atoms with E-state index in [2.05, 4.69) is 31.9 Å². The SMILES string of the molecule is Cc1cc(C)c(C(=O)P(=O)(CCCBr)C(=O)c2c(C)cc(C)cc2C)c(C)c1.Cc1cc(C)c(C(=O)P(CCCBr)C(=O)c2c(C)cc(C)cc2C)c(C)c1. The zero-order valence-corrected chi connectivity index (χ0v) is 39.5. The summed E-state index contributed by atoms with van der Waals surface area (Å²) in [4.78, 5) is 54.1. The molecule has 0 N–H and O–H groups in total. The number of halogens is 2. The summed E-state index contributed by atoms with van der Waals surface area (Å²) in [6, 6.07) is 15.8. The Kier molecular flexibility index (Phi) is 17.0. The van der Waals surface area contributed by atoms with Crippen LogP contribution in [0.1, 0.15) is 121 Å². The van der Waals surface area contributed by atoms with Gasteiger partial charge in [0.1, 0.15) is 0 Å². The fourth-order valence-corrected chi connectivity index (χ4v) is 14.2. The van der Waals surface area contributed by atoms with Gasteiger partial charge in [0.15, 0.2) is 11.0 Å². The van der Waals surface area contributed by atoms with E-state index in [1.54, 1.807) is 0 Å². The van der Waals surface area contributed by atoms with Crippen molar-refractivity contribution in [2.24, 2.45) is 0 Å². The molecule has 9 heteroatoms. The minimum atomic E-state index is -3.81. The Hall–Kier alpha value is -2.82. The van der Waals surface area contributed by atoms with Gasteiger partial charge in [-0.15, -0.1) is 0 Å². The maximum atomic E-state index is 14.0. The molecule has 0 bridgehead atoms. The highest BCUT2D eigenvalue weighted by atomic mass is 79.9. The molecule has 0 aliphatic carbocycles. The average molecular weight is 911 g/mol. The van der Waals surface area contributed by atoms with Crippen molar-refractivity contribution in [1.29, 1.82) is 0 Å². The van der Waals surface area contributed by atoms with Gasteiger partial charge in [-0.25, -0.2) is 0 Å². The van der Waals surface area contributed by atoms with Gasteiger partial charge in [0.05, 0.1) is 0 Å². The van der Waals surface area contributed by atoms with E-state index in [0.29, 0.717) is 29.0 Å². The van der Waals surface area contributed by atoms with Crippen LogP contribution in [-0.2, 0) is 4.57 Å². The van der Waals surface area contributed by atoms with Crippen LogP contribution in [0.2, 0.25) is 0 Å². The van der Waals surface area contributed by atoms with Crippen LogP contribution >= 0.6 is 46.9 Å². The highest BCUT2D eigenvalue weighted by molar-refractivity contribution is 9.09. The van der Waals surface area contributed by atoms with Crippen LogP contribution in [0.3, 0.4) is 0 Å². The van der Waals surface area contributed by atoms with E-state index in [9.17, 15) is 23.7 Å². The molecule has 0 saturated heterocycles. The van der Waals surface area contributed by atoms with E-state index in [1.165, 1.54) is 0 Å². The van der Waals surface area contributed by atoms with Crippen molar-refractivity contribution >= 4 is 69.0 Å². The maximum absolute atomic E-state index is 14.0. The number of hydrogen-bond acceptors (Lipinski definition) is 5. The topological polar surface area (TPSA) is 85.3 Å². The molecule has 0 aromatic heterocycles. The molecule has 55 heavy (non-hydrogen) atoms. The first-order valence-electron chi connectivity index (χ1n) is 18.7. The summed E-state index contributed by atoms with van der Waals surface area (Å²) in [7, 11) is -5.24. The first kappa shape index (κ1) is 46.6. The lowest BCUT2D eigenvalue weighted by Crippen LogP contribution is -2.17. The molecule has 0 heterocycles. The number of alkyl halides is 2. The first-order valence-corrected chi connectivity index (χ1v) is 24.3. The molecule has 0 amide bonds. The Bertz CT molecular complexity index is 1950. The van der Waals surface area contributed by atoms with Gasteiger partial charge in [0, 0.05) is 47.0 Å². The molecule has 0 aliphatic rings. The first-order chi connectivity index (χ1) is 25.7. The predicted molar refractivity (Wildman–Crippen MR) is 241 cm³/mol. The summed E-state index contributed by atoms with van der Waals surface area (Å²) in [5.41, 5.74) is 12.7. The van der Waals surface area contributed by atoms with E-state index in [4.69, 9.17) is 0 Å². The average Bonchev–Trinajstić information content (AvgIpc) is 3.05. The summed E-state index contributed by atoms with van der Waals surface area (Å²) < 4.78 is 14.0. The lowest BCUT2D eigenvalue weighted by atomic mass is 10.0. The lowest BCUT2D eigenvalue weighted by Gasteiger charge is -2.21. The van der Waals surface area contributed by atoms with Gasteiger partial charge in [0.25, 0.3) is 0 Å². The fraction of sp³-hybridized carbons (Fsp3) is 0.391. The summed E-state index contributed by atoms with van der Waals surface area (Å²) in [6.07, 6.45) is 2.02. The van der Waals surface area contributed by atoms with Gasteiger partial charge in [-0.1, -0.05) is 103 Å². The Morgan fingerprint density at radius 2 is 0.709 bits per heavy atom. The van der Waals surface area contributed by atoms with Crippen molar-refractivity contribution in [3.05, 3.63) is 138 Å². The number of benzene rings is 4. The number of aryl methyl sites for hydroxylation is 12. The van der Waals surface area contributed by atoms with Gasteiger partial charge in [-0.2, -0.15) is 0 Å². The van der Waals surface area contributed by atoms with E-state index in [1.807, 2.05) is 132 Å². The minimum absolute atomic E-state index is 0.0188. The maximum Gasteiger partial charge on any atom is 0.229 e. The van der Waals surface area contributed by atoms with Gasteiger partial charge in [-0.05, 0) is 147 Å². The molecule has 294 valence electrons. The highest BCUT2D eigenvalue weighted by Gasteiger charge is 2.42. The largest absolute Gasteiger partial charge is 0.307 e. The molecule has 0 unspecified atom stereocenters. The van der Waals surface area contributed by atoms with Crippen LogP contribution in [0.5, 0.6) is 0 Å². The molecule has 4 aromatic rings. The second kappa shape index (κ2) is 20.0. The standard InChI is InChI=1S/C23H28BrO3P.C23H28BrO2P/c1-14-10-16(3)20(17(4)11-14)22(25)28(27,9-7-8-24)23(26)21-18(5)12-15(2)13-19(21)6;1-14-10-16(3)20(17(4)11-14)22(25)27(9-7-8-24)23(26)21-18(5)12-15(2)13-19(21)6/h10-13H,7-9H2,1-6H3;10-13H,7-9H2,1-6H3. The van der Waals surface area contributed by atoms with Gasteiger partial charge >= 0.3 is 0 Å². The molecule has 4 rings (SSSR count). The number of hydrogen-bond donors (Lipinski definition) is 0. The molecule has 0 radical (unpaired) electrons. The monoisotopic (exact) mass is 908 g/mol. The van der Waals surface area contributed by atoms with Crippen LogP contribution in [-0.4, -0.2) is 45.1 Å². The Labute approximate surface area is 347 Å². The zero-order valence-electron chi connectivity index (χ0n) is 34.6. The Balaban J connectivity index is 0.000000296. The smallest absolute Gasteiger partial charge is 0.229 e. The third-order valence-electron chi connectivity index (χ3n) is 9.83. The molecule has 0 spiro atoms. The van der Waals surface area contributed by atoms with Crippen molar-refractivity contribution in [3.63, 3.8) is 0 Å². The Morgan fingerprint density at radius 1 is 0.455 bits per heavy atom. The van der Waals surface area contributed by atoms with Crippen LogP contribution in [0.25, 0.3) is 0 Å². The van der Waals surface area contributed by atoms with Crippen molar-refractivity contribution in [2.75, 3.05) is 23.0 Å². The van der Waals surface area contributed by atoms with E-state index in [0.717, 1.165) is 89.6 Å². The molecule has 0 saturated carbocycles. The summed E-state index contributed by atoms with van der Waals surface area (Å²) in [5, 5.41) is 1.39. The Morgan fingerprint density at radius 3 is 0.964 bits per heavy atom. The quantitative estimate of drug-likeness (QED) is 0.0929.